The first-order valence-electron chi connectivity index (χ1n) is 11.1. The molecule has 10 nitrogen and oxygen atoms in total. The summed E-state index contributed by atoms with van der Waals surface area (Å²) in [5, 5.41) is 12.9. The van der Waals surface area contributed by atoms with E-state index in [9.17, 15) is 14.7 Å². The lowest BCUT2D eigenvalue weighted by atomic mass is 10.0. The van der Waals surface area contributed by atoms with Crippen LogP contribution in [0.1, 0.15) is 16.1 Å². The van der Waals surface area contributed by atoms with Gasteiger partial charge in [-0.05, 0) is 24.3 Å². The van der Waals surface area contributed by atoms with E-state index in [2.05, 4.69) is 27.1 Å². The number of nitrogens with one attached hydrogen (secondary N) is 1. The molecule has 0 spiro atoms. The van der Waals surface area contributed by atoms with Gasteiger partial charge in [-0.3, -0.25) is 19.5 Å². The van der Waals surface area contributed by atoms with Crippen molar-refractivity contribution in [2.75, 3.05) is 31.8 Å². The minimum absolute atomic E-state index is 0.0845. The van der Waals surface area contributed by atoms with Crippen LogP contribution in [0.4, 0.5) is 5.82 Å². The van der Waals surface area contributed by atoms with Crippen LogP contribution in [-0.2, 0) is 9.53 Å². The lowest BCUT2D eigenvalue weighted by molar-refractivity contribution is -0.140. The first-order valence-corrected chi connectivity index (χ1v) is 11.1. The van der Waals surface area contributed by atoms with Gasteiger partial charge in [0.05, 0.1) is 18.8 Å². The van der Waals surface area contributed by atoms with Gasteiger partial charge in [-0.1, -0.05) is 30.0 Å². The summed E-state index contributed by atoms with van der Waals surface area (Å²) in [5.74, 6) is 6.29. The van der Waals surface area contributed by atoms with E-state index in [-0.39, 0.29) is 37.1 Å². The maximum absolute atomic E-state index is 13.1. The second-order valence-electron chi connectivity index (χ2n) is 8.31. The average molecular weight is 486 g/mol. The number of hydrogen-bond donors (Lipinski definition) is 2. The molecule has 36 heavy (non-hydrogen) atoms. The fraction of sp³-hybridized carbons (Fsp3) is 0.231. The molecule has 2 N–H and O–H groups in total. The van der Waals surface area contributed by atoms with E-state index < -0.39 is 23.5 Å². The number of fused-ring (bicyclic) bond motifs is 1. The molecule has 1 fully saturated rings. The molecule has 2 aliphatic rings. The summed E-state index contributed by atoms with van der Waals surface area (Å²) in [4.78, 5) is 35.7. The highest BCUT2D eigenvalue weighted by Gasteiger charge is 2.35. The third kappa shape index (κ3) is 4.84. The Kier molecular flexibility index (Phi) is 6.25. The van der Waals surface area contributed by atoms with E-state index >= 15 is 0 Å². The SMILES string of the molecule is CN1C(=O)C(NC(=O)c2cc(Oc3ccccc3)ccn2)COc2c(C#CC3(O)COC3)ccnc21. The number of hydrogen-bond acceptors (Lipinski definition) is 8. The smallest absolute Gasteiger partial charge is 0.270 e. The van der Waals surface area contributed by atoms with Gasteiger partial charge in [0.1, 0.15) is 29.8 Å². The first-order chi connectivity index (χ1) is 17.4. The molecular formula is C26H22N4O6. The zero-order chi connectivity index (χ0) is 25.1. The molecule has 4 heterocycles. The minimum atomic E-state index is -1.20. The Labute approximate surface area is 206 Å². The molecule has 10 heteroatoms. The quantitative estimate of drug-likeness (QED) is 0.533. The van der Waals surface area contributed by atoms with Crippen LogP contribution in [0.25, 0.3) is 0 Å². The van der Waals surface area contributed by atoms with Crippen molar-refractivity contribution >= 4 is 17.6 Å². The summed E-state index contributed by atoms with van der Waals surface area (Å²) >= 11 is 0. The molecule has 0 aliphatic carbocycles. The van der Waals surface area contributed by atoms with Gasteiger partial charge in [0, 0.05) is 25.5 Å². The Morgan fingerprint density at radius 1 is 1.17 bits per heavy atom. The Morgan fingerprint density at radius 2 is 1.94 bits per heavy atom. The summed E-state index contributed by atoms with van der Waals surface area (Å²) < 4.78 is 16.7. The maximum Gasteiger partial charge on any atom is 0.270 e. The van der Waals surface area contributed by atoms with Crippen LogP contribution >= 0.6 is 0 Å². The highest BCUT2D eigenvalue weighted by atomic mass is 16.5. The number of carbonyl (C=O) groups excluding carboxylic acids is 2. The zero-order valence-electron chi connectivity index (χ0n) is 19.3. The molecule has 2 aliphatic heterocycles. The van der Waals surface area contributed by atoms with Gasteiger partial charge in [-0.2, -0.15) is 0 Å². The second-order valence-corrected chi connectivity index (χ2v) is 8.31. The van der Waals surface area contributed by atoms with E-state index in [0.717, 1.165) is 0 Å². The van der Waals surface area contributed by atoms with Crippen LogP contribution in [0.5, 0.6) is 17.2 Å². The number of pyridine rings is 2. The van der Waals surface area contributed by atoms with Crippen LogP contribution in [0, 0.1) is 11.8 Å². The Morgan fingerprint density at radius 3 is 2.69 bits per heavy atom. The summed E-state index contributed by atoms with van der Waals surface area (Å²) in [6.45, 7) is 0.119. The van der Waals surface area contributed by atoms with Crippen molar-refractivity contribution < 1.29 is 28.9 Å². The van der Waals surface area contributed by atoms with Crippen molar-refractivity contribution in [3.63, 3.8) is 0 Å². The van der Waals surface area contributed by atoms with Crippen molar-refractivity contribution in [2.45, 2.75) is 11.6 Å². The number of rotatable bonds is 4. The fourth-order valence-corrected chi connectivity index (χ4v) is 3.60. The maximum atomic E-state index is 13.1. The molecule has 0 radical (unpaired) electrons. The van der Waals surface area contributed by atoms with E-state index in [1.54, 1.807) is 31.3 Å². The standard InChI is InChI=1S/C26H22N4O6/c1-30-23-22(17(8-11-28-23)7-10-26(33)15-34-16-26)35-14-21(25(30)32)29-24(31)20-13-19(9-12-27-20)36-18-5-3-2-4-6-18/h2-6,8-9,11-13,21,33H,14-16H2,1H3,(H,29,31). The van der Waals surface area contributed by atoms with Crippen molar-refractivity contribution in [1.29, 1.82) is 0 Å². The van der Waals surface area contributed by atoms with Gasteiger partial charge in [0.2, 0.25) is 0 Å². The largest absolute Gasteiger partial charge is 0.486 e. The van der Waals surface area contributed by atoms with Crippen LogP contribution in [-0.4, -0.2) is 65.4 Å². The van der Waals surface area contributed by atoms with E-state index in [1.807, 2.05) is 18.2 Å². The number of benzene rings is 1. The number of aliphatic hydroxyl groups is 1. The second kappa shape index (κ2) is 9.65. The third-order valence-electron chi connectivity index (χ3n) is 5.59. The summed E-state index contributed by atoms with van der Waals surface area (Å²) in [6.07, 6.45) is 2.95. The highest BCUT2D eigenvalue weighted by molar-refractivity contribution is 6.02. The summed E-state index contributed by atoms with van der Waals surface area (Å²) in [6, 6.07) is 12.9. The lowest BCUT2D eigenvalue weighted by Gasteiger charge is -2.30. The number of amides is 2. The topological polar surface area (TPSA) is 123 Å². The number of carbonyl (C=O) groups is 2. The van der Waals surface area contributed by atoms with Crippen LogP contribution < -0.4 is 19.7 Å². The predicted octanol–water partition coefficient (Wildman–Crippen LogP) is 1.54. The Hall–Kier alpha value is -4.46. The third-order valence-corrected chi connectivity index (χ3v) is 5.59. The molecule has 1 atom stereocenters. The monoisotopic (exact) mass is 486 g/mol. The van der Waals surface area contributed by atoms with Gasteiger partial charge in [0.15, 0.2) is 17.2 Å². The van der Waals surface area contributed by atoms with E-state index in [4.69, 9.17) is 14.2 Å². The van der Waals surface area contributed by atoms with Gasteiger partial charge in [-0.15, -0.1) is 0 Å². The molecule has 3 aromatic rings. The van der Waals surface area contributed by atoms with Crippen LogP contribution in [0.3, 0.4) is 0 Å². The van der Waals surface area contributed by atoms with Gasteiger partial charge < -0.3 is 24.6 Å². The predicted molar refractivity (Wildman–Crippen MR) is 128 cm³/mol. The van der Waals surface area contributed by atoms with Crippen molar-refractivity contribution in [3.8, 4) is 29.1 Å². The lowest BCUT2D eigenvalue weighted by Crippen LogP contribution is -2.49. The van der Waals surface area contributed by atoms with E-state index in [1.165, 1.54) is 23.4 Å². The molecule has 1 unspecified atom stereocenters. The number of para-hydroxylation sites is 1. The fourth-order valence-electron chi connectivity index (χ4n) is 3.60. The van der Waals surface area contributed by atoms with Crippen molar-refractivity contribution in [2.24, 2.45) is 0 Å². The molecule has 5 rings (SSSR count). The molecular weight excluding hydrogens is 464 g/mol. The van der Waals surface area contributed by atoms with Gasteiger partial charge in [-0.25, -0.2) is 4.98 Å². The molecule has 1 aromatic carbocycles. The number of ether oxygens (including phenoxy) is 3. The molecule has 182 valence electrons. The van der Waals surface area contributed by atoms with Gasteiger partial charge >= 0.3 is 0 Å². The Balaban J connectivity index is 1.32. The number of nitrogens with zero attached hydrogens (tertiary/aromatic N) is 3. The van der Waals surface area contributed by atoms with E-state index in [0.29, 0.717) is 17.1 Å². The molecule has 2 aromatic heterocycles. The average Bonchev–Trinajstić information content (AvgIpc) is 2.99. The number of anilines is 1. The zero-order valence-corrected chi connectivity index (χ0v) is 19.3. The molecule has 1 saturated heterocycles. The van der Waals surface area contributed by atoms with Crippen LogP contribution in [0.15, 0.2) is 60.9 Å². The summed E-state index contributed by atoms with van der Waals surface area (Å²) in [7, 11) is 1.54. The molecule has 0 bridgehead atoms. The van der Waals surface area contributed by atoms with Crippen molar-refractivity contribution in [3.05, 3.63) is 72.2 Å². The Bertz CT molecular complexity index is 1360. The number of likely N-dealkylation sites (N-methyl/N-ethyl adjacent to an activating group) is 1. The van der Waals surface area contributed by atoms with Gasteiger partial charge in [0.25, 0.3) is 11.8 Å². The normalized spacial score (nSPS) is 17.9. The molecule has 2 amide bonds. The first kappa shape index (κ1) is 23.3. The summed E-state index contributed by atoms with van der Waals surface area (Å²) in [5.41, 5.74) is -0.661. The van der Waals surface area contributed by atoms with Crippen molar-refractivity contribution in [1.82, 2.24) is 15.3 Å². The highest BCUT2D eigenvalue weighted by Crippen LogP contribution is 2.32. The minimum Gasteiger partial charge on any atom is -0.486 e. The van der Waals surface area contributed by atoms with Crippen LogP contribution in [0.2, 0.25) is 0 Å². The number of aromatic nitrogens is 2. The molecule has 0 saturated carbocycles.